The molecule has 0 radical (unpaired) electrons. The number of carbonyl (C=O) groups is 2. The zero-order chi connectivity index (χ0) is 15.1. The molecule has 0 spiro atoms. The van der Waals surface area contributed by atoms with E-state index in [0.717, 1.165) is 6.42 Å². The van der Waals surface area contributed by atoms with Gasteiger partial charge in [0, 0.05) is 17.2 Å². The maximum absolute atomic E-state index is 9.99. The van der Waals surface area contributed by atoms with Crippen LogP contribution in [-0.2, 0) is 9.59 Å². The minimum atomic E-state index is -0.935. The number of carboxylic acid groups (broad SMARTS) is 2. The maximum atomic E-state index is 9.99. The molecule has 0 atom stereocenters. The molecule has 0 aromatic carbocycles. The van der Waals surface area contributed by atoms with Crippen LogP contribution in [0.25, 0.3) is 0 Å². The molecule has 5 heteroatoms. The molecule has 0 aliphatic heterocycles. The summed E-state index contributed by atoms with van der Waals surface area (Å²) in [6.07, 6.45) is 2.63. The summed E-state index contributed by atoms with van der Waals surface area (Å²) in [7, 11) is 0. The van der Waals surface area contributed by atoms with Crippen molar-refractivity contribution in [3.8, 4) is 6.07 Å². The number of hydrogen-bond acceptors (Lipinski definition) is 3. The van der Waals surface area contributed by atoms with E-state index in [1.54, 1.807) is 6.07 Å². The minimum absolute atomic E-state index is 0.176. The average molecular weight is 253 g/mol. The molecule has 0 rings (SSSR count). The highest BCUT2D eigenvalue weighted by Gasteiger charge is 1.99. The Bertz CT molecular complexity index is 338. The lowest BCUT2D eigenvalue weighted by atomic mass is 10.2. The van der Waals surface area contributed by atoms with E-state index in [0.29, 0.717) is 12.0 Å². The van der Waals surface area contributed by atoms with E-state index in [9.17, 15) is 9.59 Å². The lowest BCUT2D eigenvalue weighted by molar-refractivity contribution is -0.133. The van der Waals surface area contributed by atoms with Crippen molar-refractivity contribution in [3.05, 3.63) is 37.0 Å². The van der Waals surface area contributed by atoms with E-state index < -0.39 is 11.9 Å². The van der Waals surface area contributed by atoms with Crippen molar-refractivity contribution in [2.75, 3.05) is 0 Å². The van der Waals surface area contributed by atoms with E-state index >= 15 is 0 Å². The normalized spacial score (nSPS) is 7.17. The summed E-state index contributed by atoms with van der Waals surface area (Å²) in [6, 6.07) is 1.69. The number of aliphatic carboxylic acids is 2. The Balaban J connectivity index is -0.000000200. The van der Waals surface area contributed by atoms with Crippen LogP contribution in [0.4, 0.5) is 0 Å². The highest BCUT2D eigenvalue weighted by Crippen LogP contribution is 1.99. The summed E-state index contributed by atoms with van der Waals surface area (Å²) in [5.41, 5.74) is 0.475. The summed E-state index contributed by atoms with van der Waals surface area (Å²) >= 11 is 0. The summed E-state index contributed by atoms with van der Waals surface area (Å²) in [5.74, 6) is -1.82. The van der Waals surface area contributed by atoms with Crippen molar-refractivity contribution in [3.63, 3.8) is 0 Å². The second kappa shape index (κ2) is 14.6. The monoisotopic (exact) mass is 253 g/mol. The Morgan fingerprint density at radius 3 is 1.67 bits per heavy atom. The SMILES string of the molecule is C=C(C)C(=O)O.C=C(CCC)C(=O)O.C=CC#N. The molecule has 0 saturated heterocycles. The summed E-state index contributed by atoms with van der Waals surface area (Å²) in [6.45, 7) is 13.0. The van der Waals surface area contributed by atoms with Crippen molar-refractivity contribution in [1.82, 2.24) is 0 Å². The third-order valence-electron chi connectivity index (χ3n) is 1.31. The van der Waals surface area contributed by atoms with Crippen LogP contribution < -0.4 is 0 Å². The van der Waals surface area contributed by atoms with Gasteiger partial charge in [0.1, 0.15) is 0 Å². The number of carboxylic acids is 2. The molecule has 0 bridgehead atoms. The third-order valence-corrected chi connectivity index (χ3v) is 1.31. The van der Waals surface area contributed by atoms with Crippen molar-refractivity contribution < 1.29 is 19.8 Å². The second-order valence-corrected chi connectivity index (χ2v) is 3.08. The van der Waals surface area contributed by atoms with Gasteiger partial charge in [-0.1, -0.05) is 33.1 Å². The van der Waals surface area contributed by atoms with Crippen molar-refractivity contribution >= 4 is 11.9 Å². The van der Waals surface area contributed by atoms with E-state index in [2.05, 4.69) is 19.7 Å². The van der Waals surface area contributed by atoms with Gasteiger partial charge in [0.25, 0.3) is 0 Å². The summed E-state index contributed by atoms with van der Waals surface area (Å²) < 4.78 is 0. The lowest BCUT2D eigenvalue weighted by Gasteiger charge is -1.92. The molecule has 0 aliphatic carbocycles. The van der Waals surface area contributed by atoms with Gasteiger partial charge < -0.3 is 10.2 Å². The van der Waals surface area contributed by atoms with Gasteiger partial charge in [-0.3, -0.25) is 0 Å². The van der Waals surface area contributed by atoms with Crippen LogP contribution in [0.2, 0.25) is 0 Å². The zero-order valence-corrected chi connectivity index (χ0v) is 10.8. The Kier molecular flexibility index (Phi) is 17.1. The fourth-order valence-electron chi connectivity index (χ4n) is 0.409. The Hall–Kier alpha value is -2.35. The predicted octanol–water partition coefficient (Wildman–Crippen LogP) is 2.77. The van der Waals surface area contributed by atoms with E-state index in [4.69, 9.17) is 15.5 Å². The first-order chi connectivity index (χ1) is 8.24. The van der Waals surface area contributed by atoms with Gasteiger partial charge in [-0.2, -0.15) is 5.26 Å². The first-order valence-corrected chi connectivity index (χ1v) is 5.04. The van der Waals surface area contributed by atoms with Gasteiger partial charge in [-0.15, -0.1) is 0 Å². The van der Waals surface area contributed by atoms with Crippen molar-refractivity contribution in [2.24, 2.45) is 0 Å². The van der Waals surface area contributed by atoms with Gasteiger partial charge in [0.2, 0.25) is 0 Å². The minimum Gasteiger partial charge on any atom is -0.478 e. The molecule has 100 valence electrons. The number of hydrogen-bond donors (Lipinski definition) is 2. The molecule has 0 saturated carbocycles. The predicted molar refractivity (Wildman–Crippen MR) is 69.9 cm³/mol. The van der Waals surface area contributed by atoms with Crippen LogP contribution in [0.15, 0.2) is 37.0 Å². The Morgan fingerprint density at radius 2 is 1.61 bits per heavy atom. The molecule has 18 heavy (non-hydrogen) atoms. The highest BCUT2D eigenvalue weighted by molar-refractivity contribution is 5.85. The molecule has 0 aromatic rings. The van der Waals surface area contributed by atoms with Crippen LogP contribution in [0.5, 0.6) is 0 Å². The first kappa shape index (κ1) is 21.0. The van der Waals surface area contributed by atoms with Gasteiger partial charge in [0.15, 0.2) is 0 Å². The molecule has 0 heterocycles. The average Bonchev–Trinajstić information content (AvgIpc) is 2.30. The molecular weight excluding hydrogens is 234 g/mol. The van der Waals surface area contributed by atoms with Crippen molar-refractivity contribution in [2.45, 2.75) is 26.7 Å². The van der Waals surface area contributed by atoms with E-state index in [1.165, 1.54) is 13.0 Å². The van der Waals surface area contributed by atoms with Crippen LogP contribution in [-0.4, -0.2) is 22.2 Å². The maximum Gasteiger partial charge on any atom is 0.330 e. The number of nitrogens with zero attached hydrogens (tertiary/aromatic N) is 1. The van der Waals surface area contributed by atoms with Gasteiger partial charge in [0.05, 0.1) is 6.07 Å². The molecule has 0 fully saturated rings. The van der Waals surface area contributed by atoms with Crippen LogP contribution in [0.1, 0.15) is 26.7 Å². The quantitative estimate of drug-likeness (QED) is 0.593. The van der Waals surface area contributed by atoms with E-state index in [1.807, 2.05) is 6.92 Å². The number of allylic oxidation sites excluding steroid dienone is 1. The molecule has 0 aromatic heterocycles. The Morgan fingerprint density at radius 1 is 1.28 bits per heavy atom. The van der Waals surface area contributed by atoms with Gasteiger partial charge >= 0.3 is 11.9 Å². The fourth-order valence-corrected chi connectivity index (χ4v) is 0.409. The van der Waals surface area contributed by atoms with Crippen molar-refractivity contribution in [1.29, 1.82) is 5.26 Å². The van der Waals surface area contributed by atoms with Crippen LogP contribution in [0, 0.1) is 11.3 Å². The molecule has 0 aliphatic rings. The Labute approximate surface area is 107 Å². The molecule has 0 amide bonds. The lowest BCUT2D eigenvalue weighted by Crippen LogP contribution is -1.97. The highest BCUT2D eigenvalue weighted by atomic mass is 16.4. The third kappa shape index (κ3) is 23.5. The number of rotatable bonds is 4. The van der Waals surface area contributed by atoms with Crippen LogP contribution in [0.3, 0.4) is 0 Å². The standard InChI is InChI=1S/C6H10O2.C4H6O2.C3H3N/c1-3-4-5(2)6(7)8;1-3(2)4(5)6;1-2-3-4/h2-4H2,1H3,(H,7,8);1H2,2H3,(H,5,6);2H,1H2. The first-order valence-electron chi connectivity index (χ1n) is 5.04. The van der Waals surface area contributed by atoms with E-state index in [-0.39, 0.29) is 5.57 Å². The second-order valence-electron chi connectivity index (χ2n) is 3.08. The molecular formula is C13H19NO4. The fraction of sp³-hybridized carbons (Fsp3) is 0.308. The smallest absolute Gasteiger partial charge is 0.330 e. The zero-order valence-electron chi connectivity index (χ0n) is 10.8. The van der Waals surface area contributed by atoms with Gasteiger partial charge in [-0.25, -0.2) is 9.59 Å². The summed E-state index contributed by atoms with van der Waals surface area (Å²) in [4.78, 5) is 19.6. The summed E-state index contributed by atoms with van der Waals surface area (Å²) in [5, 5.41) is 23.6. The molecule has 5 nitrogen and oxygen atoms in total. The number of nitriles is 1. The van der Waals surface area contributed by atoms with Gasteiger partial charge in [-0.05, 0) is 13.3 Å². The largest absolute Gasteiger partial charge is 0.478 e. The molecule has 2 N–H and O–H groups in total. The topological polar surface area (TPSA) is 98.4 Å². The molecule has 0 unspecified atom stereocenters. The van der Waals surface area contributed by atoms with Crippen LogP contribution >= 0.6 is 0 Å².